The SMILES string of the molecule is C[C@@H](c1ccc(Cl)cc1)n1cnc(-c2ccccc2)c1-c1c(C(=O)Nc2cccnc2N2CCC3(CC2)NC(=O)NC3=O)[nH]c2cc(Cl)ccc12. The van der Waals surface area contributed by atoms with Gasteiger partial charge in [0.15, 0.2) is 5.82 Å². The number of amides is 4. The molecule has 5 heterocycles. The minimum atomic E-state index is -0.936. The van der Waals surface area contributed by atoms with Crippen LogP contribution in [-0.4, -0.2) is 56.0 Å². The number of pyridine rings is 1. The fraction of sp³-hybridized carbons (Fsp3) is 0.184. The Morgan fingerprint density at radius 3 is 2.39 bits per heavy atom. The average molecular weight is 720 g/mol. The second-order valence-corrected chi connectivity index (χ2v) is 13.7. The lowest BCUT2D eigenvalue weighted by molar-refractivity contribution is -0.124. The number of H-pyrrole nitrogens is 1. The number of imide groups is 1. The van der Waals surface area contributed by atoms with Gasteiger partial charge in [-0.25, -0.2) is 14.8 Å². The van der Waals surface area contributed by atoms with E-state index in [-0.39, 0.29) is 17.9 Å². The third-order valence-corrected chi connectivity index (χ3v) is 10.3. The number of nitrogens with zero attached hydrogens (tertiary/aromatic N) is 4. The summed E-state index contributed by atoms with van der Waals surface area (Å²) in [6.07, 6.45) is 4.28. The number of imidazole rings is 1. The molecule has 2 saturated heterocycles. The minimum absolute atomic E-state index is 0.172. The fourth-order valence-electron chi connectivity index (χ4n) is 7.11. The van der Waals surface area contributed by atoms with E-state index in [1.807, 2.05) is 78.0 Å². The van der Waals surface area contributed by atoms with Gasteiger partial charge >= 0.3 is 6.03 Å². The van der Waals surface area contributed by atoms with E-state index < -0.39 is 11.6 Å². The highest BCUT2D eigenvalue weighted by Crippen LogP contribution is 2.42. The Morgan fingerprint density at radius 1 is 0.922 bits per heavy atom. The number of benzene rings is 3. The zero-order valence-electron chi connectivity index (χ0n) is 27.4. The molecular formula is C38H32Cl2N8O3. The maximum absolute atomic E-state index is 14.6. The van der Waals surface area contributed by atoms with Crippen molar-refractivity contribution in [2.75, 3.05) is 23.3 Å². The first kappa shape index (κ1) is 32.5. The molecule has 0 bridgehead atoms. The molecule has 256 valence electrons. The quantitative estimate of drug-likeness (QED) is 0.127. The Morgan fingerprint density at radius 2 is 1.67 bits per heavy atom. The lowest BCUT2D eigenvalue weighted by Gasteiger charge is -2.38. The molecule has 4 amide bonds. The molecule has 2 fully saturated rings. The van der Waals surface area contributed by atoms with Gasteiger partial charge in [-0.3, -0.25) is 14.9 Å². The number of carbonyl (C=O) groups excluding carboxylic acids is 3. The van der Waals surface area contributed by atoms with Gasteiger partial charge in [-0.15, -0.1) is 0 Å². The van der Waals surface area contributed by atoms with E-state index in [1.54, 1.807) is 24.4 Å². The normalized spacial score (nSPS) is 15.9. The van der Waals surface area contributed by atoms with Gasteiger partial charge in [-0.05, 0) is 61.7 Å². The van der Waals surface area contributed by atoms with Crippen LogP contribution in [0.2, 0.25) is 10.0 Å². The molecule has 0 unspecified atom stereocenters. The molecule has 0 radical (unpaired) electrons. The van der Waals surface area contributed by atoms with Crippen molar-refractivity contribution in [3.05, 3.63) is 119 Å². The van der Waals surface area contributed by atoms with E-state index in [0.29, 0.717) is 69.9 Å². The van der Waals surface area contributed by atoms with Crippen LogP contribution in [0.4, 0.5) is 16.3 Å². The first-order valence-electron chi connectivity index (χ1n) is 16.5. The molecule has 8 rings (SSSR count). The predicted octanol–water partition coefficient (Wildman–Crippen LogP) is 7.44. The van der Waals surface area contributed by atoms with Crippen molar-refractivity contribution in [1.29, 1.82) is 0 Å². The molecule has 2 aliphatic heterocycles. The summed E-state index contributed by atoms with van der Waals surface area (Å²) < 4.78 is 2.08. The van der Waals surface area contributed by atoms with E-state index in [4.69, 9.17) is 28.2 Å². The van der Waals surface area contributed by atoms with E-state index in [2.05, 4.69) is 37.4 Å². The van der Waals surface area contributed by atoms with Crippen molar-refractivity contribution in [2.24, 2.45) is 0 Å². The number of urea groups is 1. The van der Waals surface area contributed by atoms with Crippen molar-refractivity contribution < 1.29 is 14.4 Å². The summed E-state index contributed by atoms with van der Waals surface area (Å²) in [5, 5.41) is 10.2. The first-order valence-corrected chi connectivity index (χ1v) is 17.3. The van der Waals surface area contributed by atoms with Crippen LogP contribution in [-0.2, 0) is 4.79 Å². The monoisotopic (exact) mass is 718 g/mol. The van der Waals surface area contributed by atoms with Crippen molar-refractivity contribution in [1.82, 2.24) is 30.2 Å². The molecule has 4 N–H and O–H groups in total. The van der Waals surface area contributed by atoms with Gasteiger partial charge in [0.25, 0.3) is 11.8 Å². The van der Waals surface area contributed by atoms with Crippen LogP contribution in [0.15, 0.2) is 97.5 Å². The van der Waals surface area contributed by atoms with Crippen molar-refractivity contribution in [2.45, 2.75) is 31.3 Å². The highest BCUT2D eigenvalue weighted by Gasteiger charge is 2.48. The molecule has 1 spiro atoms. The number of aromatic nitrogens is 4. The standard InChI is InChI=1S/C38H32Cl2N8O3/c1-22(23-9-11-25(39)12-10-23)48-21-42-31(24-6-3-2-4-7-24)33(48)30-27-14-13-26(40)20-29(27)43-32(30)35(49)44-28-8-5-17-41-34(28)47-18-15-38(16-19-47)36(50)45-37(51)46-38/h2-14,17,20-22,43H,15-16,18-19H2,1H3,(H,44,49)(H2,45,46,50,51)/t22-/m0/s1. The Labute approximate surface area is 303 Å². The van der Waals surface area contributed by atoms with Gasteiger partial charge in [0, 0.05) is 51.4 Å². The van der Waals surface area contributed by atoms with Crippen molar-refractivity contribution in [3.63, 3.8) is 0 Å². The Balaban J connectivity index is 1.21. The fourth-order valence-corrected chi connectivity index (χ4v) is 7.41. The number of hydrogen-bond acceptors (Lipinski definition) is 6. The molecule has 11 nitrogen and oxygen atoms in total. The molecule has 0 aliphatic carbocycles. The smallest absolute Gasteiger partial charge is 0.322 e. The summed E-state index contributed by atoms with van der Waals surface area (Å²) >= 11 is 12.7. The summed E-state index contributed by atoms with van der Waals surface area (Å²) in [7, 11) is 0. The van der Waals surface area contributed by atoms with Gasteiger partial charge < -0.3 is 25.1 Å². The van der Waals surface area contributed by atoms with Crippen LogP contribution < -0.4 is 20.9 Å². The summed E-state index contributed by atoms with van der Waals surface area (Å²) in [6, 6.07) is 26.0. The van der Waals surface area contributed by atoms with Crippen LogP contribution in [0.5, 0.6) is 0 Å². The zero-order valence-corrected chi connectivity index (χ0v) is 28.9. The molecule has 51 heavy (non-hydrogen) atoms. The molecule has 1 atom stereocenters. The van der Waals surface area contributed by atoms with Gasteiger partial charge in [0.2, 0.25) is 0 Å². The van der Waals surface area contributed by atoms with Gasteiger partial charge in [-0.1, -0.05) is 71.7 Å². The summed E-state index contributed by atoms with van der Waals surface area (Å²) in [4.78, 5) is 54.0. The Kier molecular flexibility index (Phi) is 8.24. The van der Waals surface area contributed by atoms with Crippen LogP contribution in [0.25, 0.3) is 33.4 Å². The van der Waals surface area contributed by atoms with Crippen molar-refractivity contribution in [3.8, 4) is 22.5 Å². The number of piperidine rings is 1. The highest BCUT2D eigenvalue weighted by atomic mass is 35.5. The molecule has 3 aromatic heterocycles. The maximum Gasteiger partial charge on any atom is 0.322 e. The van der Waals surface area contributed by atoms with Crippen LogP contribution in [0.3, 0.4) is 0 Å². The summed E-state index contributed by atoms with van der Waals surface area (Å²) in [5.41, 5.74) is 4.65. The van der Waals surface area contributed by atoms with Crippen LogP contribution >= 0.6 is 23.2 Å². The largest absolute Gasteiger partial charge is 0.355 e. The van der Waals surface area contributed by atoms with E-state index in [0.717, 1.165) is 22.2 Å². The number of carbonyl (C=O) groups is 3. The average Bonchev–Trinajstić information content (AvgIpc) is 3.81. The lowest BCUT2D eigenvalue weighted by atomic mass is 9.87. The third-order valence-electron chi connectivity index (χ3n) is 9.80. The van der Waals surface area contributed by atoms with E-state index >= 15 is 0 Å². The number of aromatic amines is 1. The molecule has 0 saturated carbocycles. The number of fused-ring (bicyclic) bond motifs is 1. The molecular weight excluding hydrogens is 687 g/mol. The number of hydrogen-bond donors (Lipinski definition) is 4. The minimum Gasteiger partial charge on any atom is -0.355 e. The number of halogens is 2. The first-order chi connectivity index (χ1) is 24.7. The molecule has 2 aliphatic rings. The van der Waals surface area contributed by atoms with E-state index in [1.165, 1.54) is 0 Å². The topological polar surface area (TPSA) is 137 Å². The van der Waals surface area contributed by atoms with Gasteiger partial charge in [0.1, 0.15) is 11.2 Å². The molecule has 3 aromatic carbocycles. The summed E-state index contributed by atoms with van der Waals surface area (Å²) in [5.74, 6) is -0.126. The zero-order chi connectivity index (χ0) is 35.3. The number of anilines is 2. The molecule has 6 aromatic rings. The third kappa shape index (κ3) is 5.88. The second kappa shape index (κ2) is 12.9. The lowest BCUT2D eigenvalue weighted by Crippen LogP contribution is -2.55. The van der Waals surface area contributed by atoms with E-state index in [9.17, 15) is 14.4 Å². The van der Waals surface area contributed by atoms with Gasteiger partial charge in [-0.2, -0.15) is 0 Å². The second-order valence-electron chi connectivity index (χ2n) is 12.8. The highest BCUT2D eigenvalue weighted by molar-refractivity contribution is 6.31. The predicted molar refractivity (Wildman–Crippen MR) is 198 cm³/mol. The van der Waals surface area contributed by atoms with Crippen LogP contribution in [0, 0.1) is 0 Å². The Bertz CT molecular complexity index is 2310. The number of nitrogens with one attached hydrogen (secondary N) is 4. The Hall–Kier alpha value is -5.65. The maximum atomic E-state index is 14.6. The molecule has 13 heteroatoms. The van der Waals surface area contributed by atoms with Crippen molar-refractivity contribution >= 4 is 63.5 Å². The number of rotatable bonds is 7. The van der Waals surface area contributed by atoms with Gasteiger partial charge in [0.05, 0.1) is 29.4 Å². The van der Waals surface area contributed by atoms with Crippen LogP contribution in [0.1, 0.15) is 41.9 Å². The summed E-state index contributed by atoms with van der Waals surface area (Å²) in [6.45, 7) is 2.98.